The van der Waals surface area contributed by atoms with Crippen LogP contribution in [0.15, 0.2) is 12.3 Å². The molecular weight excluding hydrogens is 178 g/mol. The van der Waals surface area contributed by atoms with E-state index in [2.05, 4.69) is 10.2 Å². The topological polar surface area (TPSA) is 84.9 Å². The first-order valence-corrected chi connectivity index (χ1v) is 3.52. The molecule has 0 amide bonds. The molecular formula is C7H9NO5. The molecule has 1 aliphatic rings. The summed E-state index contributed by atoms with van der Waals surface area (Å²) in [5.74, 6) is -1.88. The molecule has 0 bridgehead atoms. The Morgan fingerprint density at radius 2 is 2.38 bits per heavy atom. The summed E-state index contributed by atoms with van der Waals surface area (Å²) in [6, 6.07) is 0. The molecule has 1 heterocycles. The Labute approximate surface area is 74.1 Å². The Kier molecular flexibility index (Phi) is 2.52. The first-order valence-electron chi connectivity index (χ1n) is 3.52. The van der Waals surface area contributed by atoms with Crippen LogP contribution in [0.1, 0.15) is 6.42 Å². The van der Waals surface area contributed by atoms with Gasteiger partial charge in [-0.2, -0.15) is 0 Å². The van der Waals surface area contributed by atoms with Crippen LogP contribution in [0.5, 0.6) is 0 Å². The molecule has 6 nitrogen and oxygen atoms in total. The van der Waals surface area contributed by atoms with Gasteiger partial charge in [0.2, 0.25) is 5.60 Å². The number of carbonyl (C=O) groups excluding carboxylic acids is 1. The maximum absolute atomic E-state index is 10.9. The van der Waals surface area contributed by atoms with Gasteiger partial charge in [-0.3, -0.25) is 15.1 Å². The Balaban J connectivity index is 2.74. The molecule has 0 aromatic carbocycles. The van der Waals surface area contributed by atoms with Crippen molar-refractivity contribution >= 4 is 11.9 Å². The number of nitrogens with one attached hydrogen (secondary N) is 1. The summed E-state index contributed by atoms with van der Waals surface area (Å²) in [6.45, 7) is 0. The van der Waals surface area contributed by atoms with Gasteiger partial charge in [0.1, 0.15) is 0 Å². The van der Waals surface area contributed by atoms with E-state index in [0.29, 0.717) is 0 Å². The molecule has 0 aromatic rings. The largest absolute Gasteiger partial charge is 0.479 e. The lowest BCUT2D eigenvalue weighted by atomic mass is 10.0. The van der Waals surface area contributed by atoms with Gasteiger partial charge in [0.05, 0.1) is 13.5 Å². The number of hydroxylamine groups is 1. The Morgan fingerprint density at radius 3 is 2.77 bits per heavy atom. The van der Waals surface area contributed by atoms with Crippen LogP contribution in [0, 0.1) is 0 Å². The highest BCUT2D eigenvalue weighted by Gasteiger charge is 2.43. The number of hydrogen-bond acceptors (Lipinski definition) is 5. The Bertz CT molecular complexity index is 262. The van der Waals surface area contributed by atoms with Crippen LogP contribution in [0.25, 0.3) is 0 Å². The summed E-state index contributed by atoms with van der Waals surface area (Å²) in [5, 5.41) is 8.78. The van der Waals surface area contributed by atoms with Crippen molar-refractivity contribution < 1.29 is 24.3 Å². The van der Waals surface area contributed by atoms with Gasteiger partial charge in [-0.15, -0.1) is 0 Å². The number of carboxylic acid groups (broad SMARTS) is 1. The third kappa shape index (κ3) is 1.78. The molecule has 0 radical (unpaired) electrons. The predicted molar refractivity (Wildman–Crippen MR) is 40.4 cm³/mol. The van der Waals surface area contributed by atoms with E-state index >= 15 is 0 Å². The number of carboxylic acids is 1. The van der Waals surface area contributed by atoms with Crippen molar-refractivity contribution in [1.82, 2.24) is 5.48 Å². The van der Waals surface area contributed by atoms with Gasteiger partial charge in [0.15, 0.2) is 0 Å². The maximum atomic E-state index is 10.9. The van der Waals surface area contributed by atoms with Crippen LogP contribution in [0.2, 0.25) is 0 Å². The molecule has 0 fully saturated rings. The van der Waals surface area contributed by atoms with Gasteiger partial charge in [0, 0.05) is 6.20 Å². The van der Waals surface area contributed by atoms with Crippen LogP contribution < -0.4 is 5.48 Å². The fraction of sp³-hybridized carbons (Fsp3) is 0.429. The lowest BCUT2D eigenvalue weighted by molar-refractivity contribution is -0.169. The molecule has 1 aliphatic heterocycles. The van der Waals surface area contributed by atoms with E-state index in [0.717, 1.165) is 0 Å². The maximum Gasteiger partial charge on any atom is 0.343 e. The number of carbonyl (C=O) groups is 2. The van der Waals surface area contributed by atoms with Crippen molar-refractivity contribution in [3.05, 3.63) is 12.3 Å². The van der Waals surface area contributed by atoms with Gasteiger partial charge in [-0.05, 0) is 6.08 Å². The van der Waals surface area contributed by atoms with Crippen molar-refractivity contribution in [2.24, 2.45) is 0 Å². The summed E-state index contributed by atoms with van der Waals surface area (Å²) in [7, 11) is 1.18. The number of aliphatic carboxylic acids is 1. The van der Waals surface area contributed by atoms with E-state index in [-0.39, 0.29) is 6.42 Å². The second kappa shape index (κ2) is 3.44. The smallest absolute Gasteiger partial charge is 0.343 e. The zero-order valence-electron chi connectivity index (χ0n) is 6.94. The Morgan fingerprint density at radius 1 is 1.69 bits per heavy atom. The molecule has 0 spiro atoms. The van der Waals surface area contributed by atoms with Gasteiger partial charge >= 0.3 is 11.9 Å². The molecule has 6 heteroatoms. The van der Waals surface area contributed by atoms with Crippen LogP contribution in [0.3, 0.4) is 0 Å². The minimum Gasteiger partial charge on any atom is -0.479 e. The second-order valence-corrected chi connectivity index (χ2v) is 2.50. The first kappa shape index (κ1) is 9.53. The zero-order chi connectivity index (χ0) is 9.90. The zero-order valence-corrected chi connectivity index (χ0v) is 6.94. The van der Waals surface area contributed by atoms with Crippen molar-refractivity contribution in [3.63, 3.8) is 0 Å². The Hall–Kier alpha value is -1.56. The summed E-state index contributed by atoms with van der Waals surface area (Å²) in [4.78, 5) is 26.3. The molecule has 0 saturated heterocycles. The molecule has 1 unspecified atom stereocenters. The second-order valence-electron chi connectivity index (χ2n) is 2.50. The molecule has 0 aliphatic carbocycles. The van der Waals surface area contributed by atoms with Gasteiger partial charge in [-0.25, -0.2) is 4.79 Å². The quantitative estimate of drug-likeness (QED) is 0.575. The van der Waals surface area contributed by atoms with E-state index in [4.69, 9.17) is 9.94 Å². The molecule has 1 atom stereocenters. The van der Waals surface area contributed by atoms with Crippen LogP contribution in [-0.4, -0.2) is 29.8 Å². The van der Waals surface area contributed by atoms with E-state index in [1.807, 2.05) is 0 Å². The lowest BCUT2D eigenvalue weighted by Gasteiger charge is -2.18. The highest BCUT2D eigenvalue weighted by Crippen LogP contribution is 2.21. The summed E-state index contributed by atoms with van der Waals surface area (Å²) in [6.07, 6.45) is 2.21. The van der Waals surface area contributed by atoms with E-state index < -0.39 is 17.5 Å². The summed E-state index contributed by atoms with van der Waals surface area (Å²) in [5.41, 5.74) is 0.623. The van der Waals surface area contributed by atoms with E-state index in [1.165, 1.54) is 19.4 Å². The fourth-order valence-electron chi connectivity index (χ4n) is 0.914. The van der Waals surface area contributed by atoms with Gasteiger partial charge in [-0.1, -0.05) is 0 Å². The minimum atomic E-state index is -1.63. The predicted octanol–water partition coefficient (Wildman–Crippen LogP) is -0.579. The van der Waals surface area contributed by atoms with Gasteiger partial charge in [0.25, 0.3) is 0 Å². The molecule has 2 N–H and O–H groups in total. The normalized spacial score (nSPS) is 25.3. The average molecular weight is 187 g/mol. The van der Waals surface area contributed by atoms with E-state index in [9.17, 15) is 9.59 Å². The lowest BCUT2D eigenvalue weighted by Crippen LogP contribution is -2.41. The third-order valence-corrected chi connectivity index (χ3v) is 1.66. The monoisotopic (exact) mass is 187 g/mol. The van der Waals surface area contributed by atoms with Crippen molar-refractivity contribution in [2.75, 3.05) is 7.11 Å². The third-order valence-electron chi connectivity index (χ3n) is 1.66. The van der Waals surface area contributed by atoms with Crippen LogP contribution >= 0.6 is 0 Å². The molecule has 1 rings (SSSR count). The highest BCUT2D eigenvalue weighted by molar-refractivity contribution is 5.87. The molecule has 13 heavy (non-hydrogen) atoms. The number of rotatable bonds is 3. The molecule has 0 saturated carbocycles. The van der Waals surface area contributed by atoms with Crippen LogP contribution in [-0.2, 0) is 19.2 Å². The minimum absolute atomic E-state index is 0.359. The van der Waals surface area contributed by atoms with E-state index in [1.54, 1.807) is 0 Å². The number of hydrogen-bond donors (Lipinski definition) is 2. The summed E-state index contributed by atoms with van der Waals surface area (Å²) < 4.78 is 4.34. The molecule has 0 aromatic heterocycles. The number of esters is 1. The van der Waals surface area contributed by atoms with Crippen LogP contribution in [0.4, 0.5) is 0 Å². The average Bonchev–Trinajstić information content (AvgIpc) is 2.54. The standard InChI is InChI=1S/C7H9NO5/c1-12-5(9)4-7(6(10)11)2-3-8-13-7/h2-3,8H,4H2,1H3,(H,10,11). The number of methoxy groups -OCH3 is 1. The summed E-state index contributed by atoms with van der Waals surface area (Å²) >= 11 is 0. The van der Waals surface area contributed by atoms with Crippen molar-refractivity contribution in [3.8, 4) is 0 Å². The highest BCUT2D eigenvalue weighted by atomic mass is 16.7. The van der Waals surface area contributed by atoms with Crippen molar-refractivity contribution in [1.29, 1.82) is 0 Å². The van der Waals surface area contributed by atoms with Crippen molar-refractivity contribution in [2.45, 2.75) is 12.0 Å². The molecule has 72 valence electrons. The first-order chi connectivity index (χ1) is 6.10. The number of ether oxygens (including phenoxy) is 1. The fourth-order valence-corrected chi connectivity index (χ4v) is 0.914. The SMILES string of the molecule is COC(=O)CC1(C(=O)O)C=CNO1. The van der Waals surface area contributed by atoms with Gasteiger partial charge < -0.3 is 9.84 Å².